The minimum atomic E-state index is -2.88. The lowest BCUT2D eigenvalue weighted by Gasteiger charge is -2.39. The second-order valence-electron chi connectivity index (χ2n) is 10.1. The summed E-state index contributed by atoms with van der Waals surface area (Å²) in [4.78, 5) is 39.4. The number of nitrogens with zero attached hydrogens (tertiary/aromatic N) is 5. The molecule has 2 aliphatic rings. The van der Waals surface area contributed by atoms with Gasteiger partial charge >= 0.3 is 0 Å². The van der Waals surface area contributed by atoms with E-state index in [1.54, 1.807) is 48.5 Å². The van der Waals surface area contributed by atoms with Crippen LogP contribution in [0.2, 0.25) is 5.02 Å². The smallest absolute Gasteiger partial charge is 0.252 e. The zero-order valence-electron chi connectivity index (χ0n) is 22.5. The Kier molecular flexibility index (Phi) is 8.24. The van der Waals surface area contributed by atoms with Gasteiger partial charge in [0, 0.05) is 47.4 Å². The standard InChI is InChI=1S/C29H27ClF2N6O4/c1-42-20-6-4-5-19(13-20)37(27(41)23-9-10-24(39)38(23)28-34-12-11-17(16-33)36-28)25(21-7-2-3-8-22(21)30)26(40)35-18-14-29(31,32)15-18/h2-8,11-13,18,23-25,39H,9-10,14-15H2,1H3,(H,35,40)/t23-,24?,25-/m0/s1. The molecule has 3 atom stereocenters. The number of anilines is 2. The molecule has 218 valence electrons. The quantitative estimate of drug-likeness (QED) is 0.399. The average Bonchev–Trinajstić information content (AvgIpc) is 3.36. The molecule has 1 aromatic heterocycles. The number of aliphatic hydroxyl groups excluding tert-OH is 1. The molecule has 10 nitrogen and oxygen atoms in total. The van der Waals surface area contributed by atoms with Gasteiger partial charge in [0.05, 0.1) is 7.11 Å². The number of ether oxygens (including phenoxy) is 1. The number of hydrogen-bond acceptors (Lipinski definition) is 8. The lowest BCUT2D eigenvalue weighted by atomic mass is 9.87. The van der Waals surface area contributed by atoms with Crippen LogP contribution in [-0.4, -0.2) is 58.2 Å². The Bertz CT molecular complexity index is 1530. The number of carbonyl (C=O) groups excluding carboxylic acids is 2. The molecule has 13 heteroatoms. The van der Waals surface area contributed by atoms with Crippen molar-refractivity contribution in [1.82, 2.24) is 15.3 Å². The van der Waals surface area contributed by atoms with Crippen LogP contribution in [0.15, 0.2) is 60.8 Å². The fourth-order valence-electron chi connectivity index (χ4n) is 5.31. The Balaban J connectivity index is 1.61. The minimum Gasteiger partial charge on any atom is -0.497 e. The van der Waals surface area contributed by atoms with E-state index >= 15 is 0 Å². The van der Waals surface area contributed by atoms with Crippen molar-refractivity contribution in [1.29, 1.82) is 5.26 Å². The number of alkyl halides is 2. The Morgan fingerprint density at radius 3 is 2.67 bits per heavy atom. The second-order valence-corrected chi connectivity index (χ2v) is 10.5. The van der Waals surface area contributed by atoms with Crippen LogP contribution in [0.25, 0.3) is 0 Å². The van der Waals surface area contributed by atoms with E-state index in [0.29, 0.717) is 5.75 Å². The van der Waals surface area contributed by atoms with Crippen LogP contribution >= 0.6 is 11.6 Å². The molecule has 0 radical (unpaired) electrons. The molecule has 1 unspecified atom stereocenters. The van der Waals surface area contributed by atoms with Crippen molar-refractivity contribution in [3.63, 3.8) is 0 Å². The highest BCUT2D eigenvalue weighted by molar-refractivity contribution is 6.31. The number of benzene rings is 2. The van der Waals surface area contributed by atoms with E-state index in [1.807, 2.05) is 6.07 Å². The van der Waals surface area contributed by atoms with Crippen LogP contribution in [0.4, 0.5) is 20.4 Å². The van der Waals surface area contributed by atoms with Gasteiger partial charge in [-0.3, -0.25) is 14.5 Å². The molecule has 2 heterocycles. The molecule has 0 spiro atoms. The predicted molar refractivity (Wildman–Crippen MR) is 149 cm³/mol. The summed E-state index contributed by atoms with van der Waals surface area (Å²) in [5.74, 6) is -3.81. The Hall–Kier alpha value is -4.34. The van der Waals surface area contributed by atoms with Crippen LogP contribution in [0, 0.1) is 11.3 Å². The molecule has 2 amide bonds. The molecule has 0 bridgehead atoms. The van der Waals surface area contributed by atoms with Gasteiger partial charge in [0.25, 0.3) is 11.8 Å². The lowest BCUT2D eigenvalue weighted by molar-refractivity contribution is -0.133. The van der Waals surface area contributed by atoms with E-state index < -0.39 is 54.9 Å². The topological polar surface area (TPSA) is 132 Å². The first-order valence-corrected chi connectivity index (χ1v) is 13.6. The summed E-state index contributed by atoms with van der Waals surface area (Å²) in [5, 5.41) is 23.1. The van der Waals surface area contributed by atoms with Crippen molar-refractivity contribution >= 4 is 35.1 Å². The second kappa shape index (κ2) is 11.9. The minimum absolute atomic E-state index is 0.0292. The molecule has 5 rings (SSSR count). The molecule has 1 aliphatic carbocycles. The lowest BCUT2D eigenvalue weighted by Crippen LogP contribution is -2.56. The van der Waals surface area contributed by atoms with Crippen LogP contribution < -0.4 is 19.9 Å². The fourth-order valence-corrected chi connectivity index (χ4v) is 5.54. The van der Waals surface area contributed by atoms with Gasteiger partial charge < -0.3 is 20.1 Å². The first-order valence-electron chi connectivity index (χ1n) is 13.2. The number of methoxy groups -OCH3 is 1. The van der Waals surface area contributed by atoms with Crippen molar-refractivity contribution in [2.45, 2.75) is 56.0 Å². The maximum Gasteiger partial charge on any atom is 0.252 e. The maximum absolute atomic E-state index is 14.6. The van der Waals surface area contributed by atoms with E-state index in [2.05, 4.69) is 15.3 Å². The SMILES string of the molecule is COc1cccc(N(C(=O)[C@@H]2CCC(O)N2c2nccc(C#N)n2)[C@H](C(=O)NC2CC(F)(F)C2)c2ccccc2Cl)c1. The Labute approximate surface area is 245 Å². The summed E-state index contributed by atoms with van der Waals surface area (Å²) in [6.45, 7) is 0. The highest BCUT2D eigenvalue weighted by Crippen LogP contribution is 2.40. The third-order valence-electron chi connectivity index (χ3n) is 7.34. The summed E-state index contributed by atoms with van der Waals surface area (Å²) in [6, 6.07) is 13.1. The van der Waals surface area contributed by atoms with Gasteiger partial charge in [0.1, 0.15) is 35.8 Å². The van der Waals surface area contributed by atoms with E-state index in [-0.39, 0.29) is 40.8 Å². The summed E-state index contributed by atoms with van der Waals surface area (Å²) in [7, 11) is 1.45. The molecule has 2 N–H and O–H groups in total. The van der Waals surface area contributed by atoms with Gasteiger partial charge in [0.2, 0.25) is 11.9 Å². The van der Waals surface area contributed by atoms with Gasteiger partial charge in [0.15, 0.2) is 0 Å². The van der Waals surface area contributed by atoms with E-state index in [4.69, 9.17) is 16.3 Å². The molecule has 3 aromatic rings. The number of carbonyl (C=O) groups is 2. The predicted octanol–water partition coefficient (Wildman–Crippen LogP) is 3.99. The summed E-state index contributed by atoms with van der Waals surface area (Å²) in [6.07, 6.45) is -0.479. The van der Waals surface area contributed by atoms with Gasteiger partial charge in [-0.2, -0.15) is 5.26 Å². The zero-order valence-corrected chi connectivity index (χ0v) is 23.2. The first kappa shape index (κ1) is 29.2. The Morgan fingerprint density at radius 2 is 1.98 bits per heavy atom. The third-order valence-corrected chi connectivity index (χ3v) is 7.68. The highest BCUT2D eigenvalue weighted by atomic mass is 35.5. The molecule has 1 saturated heterocycles. The average molecular weight is 597 g/mol. The van der Waals surface area contributed by atoms with Gasteiger partial charge in [-0.15, -0.1) is 0 Å². The van der Waals surface area contributed by atoms with Gasteiger partial charge in [-0.1, -0.05) is 35.9 Å². The normalized spacial score (nSPS) is 20.2. The number of aliphatic hydroxyl groups is 1. The van der Waals surface area contributed by atoms with E-state index in [0.717, 1.165) is 0 Å². The largest absolute Gasteiger partial charge is 0.497 e. The zero-order chi connectivity index (χ0) is 30.0. The monoisotopic (exact) mass is 596 g/mol. The summed E-state index contributed by atoms with van der Waals surface area (Å²) >= 11 is 6.56. The van der Waals surface area contributed by atoms with Crippen LogP contribution in [-0.2, 0) is 9.59 Å². The van der Waals surface area contributed by atoms with Crippen molar-refractivity contribution in [2.24, 2.45) is 0 Å². The number of amides is 2. The molecule has 2 aromatic carbocycles. The first-order chi connectivity index (χ1) is 20.1. The molecular formula is C29H27ClF2N6O4. The van der Waals surface area contributed by atoms with Crippen molar-refractivity contribution in [3.05, 3.63) is 77.1 Å². The molecule has 42 heavy (non-hydrogen) atoms. The van der Waals surface area contributed by atoms with Crippen LogP contribution in [0.1, 0.15) is 43.0 Å². The van der Waals surface area contributed by atoms with Crippen molar-refractivity contribution in [3.8, 4) is 11.8 Å². The Morgan fingerprint density at radius 1 is 1.21 bits per heavy atom. The summed E-state index contributed by atoms with van der Waals surface area (Å²) < 4.78 is 32.7. The van der Waals surface area contributed by atoms with E-state index in [9.17, 15) is 28.7 Å². The molecular weight excluding hydrogens is 570 g/mol. The number of nitrogens with one attached hydrogen (secondary N) is 1. The third kappa shape index (κ3) is 5.84. The van der Waals surface area contributed by atoms with Crippen LogP contribution in [0.5, 0.6) is 5.75 Å². The number of halogens is 3. The maximum atomic E-state index is 14.6. The van der Waals surface area contributed by atoms with Gasteiger partial charge in [-0.25, -0.2) is 18.7 Å². The molecule has 2 fully saturated rings. The number of aromatic nitrogens is 2. The highest BCUT2D eigenvalue weighted by Gasteiger charge is 2.48. The molecule has 1 saturated carbocycles. The van der Waals surface area contributed by atoms with Crippen LogP contribution in [0.3, 0.4) is 0 Å². The van der Waals surface area contributed by atoms with E-state index in [1.165, 1.54) is 29.2 Å². The number of hydrogen-bond donors (Lipinski definition) is 2. The number of rotatable bonds is 8. The van der Waals surface area contributed by atoms with Crippen molar-refractivity contribution < 1.29 is 28.2 Å². The van der Waals surface area contributed by atoms with Crippen molar-refractivity contribution in [2.75, 3.05) is 16.9 Å². The van der Waals surface area contributed by atoms with Gasteiger partial charge in [-0.05, 0) is 37.1 Å². The fraction of sp³-hybridized carbons (Fsp3) is 0.345. The molecule has 1 aliphatic heterocycles. The number of nitriles is 1. The summed E-state index contributed by atoms with van der Waals surface area (Å²) in [5.41, 5.74) is 0.582.